The zero-order chi connectivity index (χ0) is 15.2. The van der Waals surface area contributed by atoms with E-state index in [2.05, 4.69) is 10.3 Å². The van der Waals surface area contributed by atoms with Crippen molar-refractivity contribution >= 4 is 11.9 Å². The average molecular weight is 290 g/mol. The number of allylic oxidation sites excluding steroid dienone is 1. The molecule has 1 aliphatic rings. The molecule has 1 heterocycles. The Kier molecular flexibility index (Phi) is 4.92. The Morgan fingerprint density at radius 3 is 3.00 bits per heavy atom. The Balaban J connectivity index is 1.87. The standard InChI is InChI=1S/C15H18N2O4/c1-10(21-13-6-3-7-16-9-13)14(18)17-12-5-2-4-11(8-12)15(19)20/h2-3,5-7,9-12H,4,8H2,1H3,(H,17,18)(H,19,20)/t10?,11-,12-/m0/s1. The highest BCUT2D eigenvalue weighted by molar-refractivity contribution is 5.81. The Bertz CT molecular complexity index is 530. The molecular formula is C15H18N2O4. The molecule has 2 N–H and O–H groups in total. The van der Waals surface area contributed by atoms with Crippen LogP contribution in [0.15, 0.2) is 36.7 Å². The van der Waals surface area contributed by atoms with E-state index < -0.39 is 18.0 Å². The number of carbonyl (C=O) groups is 2. The number of rotatable bonds is 5. The molecule has 1 unspecified atom stereocenters. The van der Waals surface area contributed by atoms with Crippen LogP contribution in [0.1, 0.15) is 19.8 Å². The van der Waals surface area contributed by atoms with Crippen LogP contribution in [0.25, 0.3) is 0 Å². The summed E-state index contributed by atoms with van der Waals surface area (Å²) in [5.74, 6) is -1.05. The van der Waals surface area contributed by atoms with Crippen molar-refractivity contribution in [2.75, 3.05) is 0 Å². The minimum atomic E-state index is -0.835. The van der Waals surface area contributed by atoms with Crippen LogP contribution >= 0.6 is 0 Å². The summed E-state index contributed by atoms with van der Waals surface area (Å²) in [7, 11) is 0. The van der Waals surface area contributed by atoms with E-state index in [1.807, 2.05) is 6.08 Å². The maximum Gasteiger partial charge on any atom is 0.306 e. The Morgan fingerprint density at radius 1 is 1.52 bits per heavy atom. The fourth-order valence-corrected chi connectivity index (χ4v) is 2.17. The molecule has 6 nitrogen and oxygen atoms in total. The van der Waals surface area contributed by atoms with Gasteiger partial charge in [-0.1, -0.05) is 12.2 Å². The number of carboxylic acids is 1. The molecule has 1 aromatic rings. The topological polar surface area (TPSA) is 88.5 Å². The number of hydrogen-bond donors (Lipinski definition) is 2. The molecule has 6 heteroatoms. The third-order valence-corrected chi connectivity index (χ3v) is 3.32. The Labute approximate surface area is 122 Å². The summed E-state index contributed by atoms with van der Waals surface area (Å²) in [6.45, 7) is 1.64. The lowest BCUT2D eigenvalue weighted by atomic mass is 9.91. The summed E-state index contributed by atoms with van der Waals surface area (Å²) in [5, 5.41) is 11.8. The second-order valence-corrected chi connectivity index (χ2v) is 5.00. The molecule has 0 aliphatic heterocycles. The van der Waals surface area contributed by atoms with Crippen molar-refractivity contribution in [3.8, 4) is 5.75 Å². The van der Waals surface area contributed by atoms with Crippen LogP contribution < -0.4 is 10.1 Å². The lowest BCUT2D eigenvalue weighted by molar-refractivity contribution is -0.142. The molecule has 2 rings (SSSR count). The van der Waals surface area contributed by atoms with Crippen molar-refractivity contribution < 1.29 is 19.4 Å². The molecule has 0 aromatic carbocycles. The number of pyridine rings is 1. The highest BCUT2D eigenvalue weighted by Gasteiger charge is 2.26. The first kappa shape index (κ1) is 15.0. The third kappa shape index (κ3) is 4.30. The zero-order valence-electron chi connectivity index (χ0n) is 11.7. The van der Waals surface area contributed by atoms with Gasteiger partial charge >= 0.3 is 5.97 Å². The van der Waals surface area contributed by atoms with Gasteiger partial charge in [-0.05, 0) is 31.9 Å². The second-order valence-electron chi connectivity index (χ2n) is 5.00. The number of hydrogen-bond acceptors (Lipinski definition) is 4. The van der Waals surface area contributed by atoms with E-state index in [9.17, 15) is 9.59 Å². The number of amides is 1. The van der Waals surface area contributed by atoms with Crippen LogP contribution in [0.5, 0.6) is 5.75 Å². The van der Waals surface area contributed by atoms with E-state index >= 15 is 0 Å². The molecule has 21 heavy (non-hydrogen) atoms. The molecule has 3 atom stereocenters. The lowest BCUT2D eigenvalue weighted by Crippen LogP contribution is -2.43. The van der Waals surface area contributed by atoms with Gasteiger partial charge in [0.25, 0.3) is 5.91 Å². The molecule has 0 saturated heterocycles. The lowest BCUT2D eigenvalue weighted by Gasteiger charge is -2.24. The van der Waals surface area contributed by atoms with Crippen molar-refractivity contribution in [2.24, 2.45) is 5.92 Å². The van der Waals surface area contributed by atoms with Crippen LogP contribution in [0.2, 0.25) is 0 Å². The number of nitrogens with zero attached hydrogens (tertiary/aromatic N) is 1. The first-order valence-corrected chi connectivity index (χ1v) is 6.83. The van der Waals surface area contributed by atoms with Crippen LogP contribution in [0.3, 0.4) is 0 Å². The summed E-state index contributed by atoms with van der Waals surface area (Å²) in [4.78, 5) is 26.9. The van der Waals surface area contributed by atoms with Crippen molar-refractivity contribution in [3.63, 3.8) is 0 Å². The Hall–Kier alpha value is -2.37. The van der Waals surface area contributed by atoms with E-state index in [0.717, 1.165) is 0 Å². The SMILES string of the molecule is CC(Oc1cccnc1)C(=O)N[C@H]1C=CC[C@H](C(=O)O)C1. The van der Waals surface area contributed by atoms with Gasteiger partial charge in [-0.15, -0.1) is 0 Å². The van der Waals surface area contributed by atoms with Gasteiger partial charge in [-0.2, -0.15) is 0 Å². The van der Waals surface area contributed by atoms with Gasteiger partial charge in [0.2, 0.25) is 0 Å². The fourth-order valence-electron chi connectivity index (χ4n) is 2.17. The van der Waals surface area contributed by atoms with Crippen LogP contribution in [-0.4, -0.2) is 34.1 Å². The van der Waals surface area contributed by atoms with Gasteiger partial charge < -0.3 is 15.2 Å². The van der Waals surface area contributed by atoms with Crippen molar-refractivity contribution in [2.45, 2.75) is 31.9 Å². The number of carboxylic acid groups (broad SMARTS) is 1. The van der Waals surface area contributed by atoms with E-state index in [0.29, 0.717) is 18.6 Å². The molecule has 112 valence electrons. The quantitative estimate of drug-likeness (QED) is 0.800. The molecule has 1 aliphatic carbocycles. The van der Waals surface area contributed by atoms with E-state index in [4.69, 9.17) is 9.84 Å². The van der Waals surface area contributed by atoms with Crippen LogP contribution in [0.4, 0.5) is 0 Å². The molecule has 0 radical (unpaired) electrons. The van der Waals surface area contributed by atoms with E-state index in [-0.39, 0.29) is 11.9 Å². The highest BCUT2D eigenvalue weighted by atomic mass is 16.5. The summed E-state index contributed by atoms with van der Waals surface area (Å²) >= 11 is 0. The van der Waals surface area contributed by atoms with Gasteiger partial charge in [0, 0.05) is 12.2 Å². The minimum absolute atomic E-state index is 0.271. The molecule has 1 aromatic heterocycles. The highest BCUT2D eigenvalue weighted by Crippen LogP contribution is 2.19. The van der Waals surface area contributed by atoms with Crippen molar-refractivity contribution in [1.29, 1.82) is 0 Å². The first-order valence-electron chi connectivity index (χ1n) is 6.83. The average Bonchev–Trinajstić information content (AvgIpc) is 2.48. The monoisotopic (exact) mass is 290 g/mol. The molecule has 0 saturated carbocycles. The largest absolute Gasteiger partial charge is 0.481 e. The first-order chi connectivity index (χ1) is 10.1. The summed E-state index contributed by atoms with van der Waals surface area (Å²) in [5.41, 5.74) is 0. The zero-order valence-corrected chi connectivity index (χ0v) is 11.7. The third-order valence-electron chi connectivity index (χ3n) is 3.32. The Morgan fingerprint density at radius 2 is 2.33 bits per heavy atom. The molecule has 0 bridgehead atoms. The maximum atomic E-state index is 12.1. The summed E-state index contributed by atoms with van der Waals surface area (Å²) in [6.07, 6.45) is 7.00. The predicted octanol–water partition coefficient (Wildman–Crippen LogP) is 1.38. The number of ether oxygens (including phenoxy) is 1. The molecule has 0 spiro atoms. The number of aliphatic carboxylic acids is 1. The van der Waals surface area contributed by atoms with Gasteiger partial charge in [-0.25, -0.2) is 0 Å². The number of nitrogens with one attached hydrogen (secondary N) is 1. The molecule has 0 fully saturated rings. The van der Waals surface area contributed by atoms with Gasteiger partial charge in [0.1, 0.15) is 5.75 Å². The van der Waals surface area contributed by atoms with Crippen molar-refractivity contribution in [1.82, 2.24) is 10.3 Å². The predicted molar refractivity (Wildman–Crippen MR) is 75.8 cm³/mol. The summed E-state index contributed by atoms with van der Waals surface area (Å²) in [6, 6.07) is 3.17. The molecule has 1 amide bonds. The summed E-state index contributed by atoms with van der Waals surface area (Å²) < 4.78 is 5.48. The van der Waals surface area contributed by atoms with E-state index in [1.54, 1.807) is 31.3 Å². The maximum absolute atomic E-state index is 12.1. The molecular weight excluding hydrogens is 272 g/mol. The van der Waals surface area contributed by atoms with Crippen LogP contribution in [-0.2, 0) is 9.59 Å². The van der Waals surface area contributed by atoms with Gasteiger partial charge in [-0.3, -0.25) is 14.6 Å². The minimum Gasteiger partial charge on any atom is -0.481 e. The van der Waals surface area contributed by atoms with Gasteiger partial charge in [0.15, 0.2) is 6.10 Å². The smallest absolute Gasteiger partial charge is 0.306 e. The number of carbonyl (C=O) groups excluding carboxylic acids is 1. The second kappa shape index (κ2) is 6.88. The fraction of sp³-hybridized carbons (Fsp3) is 0.400. The van der Waals surface area contributed by atoms with Gasteiger partial charge in [0.05, 0.1) is 12.1 Å². The van der Waals surface area contributed by atoms with Crippen LogP contribution in [0, 0.1) is 5.92 Å². The number of aromatic nitrogens is 1. The normalized spacial score (nSPS) is 22.3. The van der Waals surface area contributed by atoms with Crippen molar-refractivity contribution in [3.05, 3.63) is 36.7 Å². The van der Waals surface area contributed by atoms with E-state index in [1.165, 1.54) is 6.20 Å².